The number of para-hydroxylation sites is 1. The van der Waals surface area contributed by atoms with Crippen LogP contribution in [0.2, 0.25) is 5.02 Å². The highest BCUT2D eigenvalue weighted by Gasteiger charge is 2.27. The second-order valence-corrected chi connectivity index (χ2v) is 6.52. The molecule has 1 aliphatic rings. The van der Waals surface area contributed by atoms with E-state index >= 15 is 0 Å². The number of fused-ring (bicyclic) bond motifs is 1. The molecular formula is C19H17ClN2O3. The van der Waals surface area contributed by atoms with Crippen LogP contribution in [0.1, 0.15) is 29.8 Å². The van der Waals surface area contributed by atoms with Crippen molar-refractivity contribution in [2.75, 3.05) is 11.9 Å². The molecule has 0 aromatic heterocycles. The maximum Gasteiger partial charge on any atom is 0.338 e. The molecule has 128 valence electrons. The van der Waals surface area contributed by atoms with Crippen molar-refractivity contribution < 1.29 is 14.3 Å². The van der Waals surface area contributed by atoms with Gasteiger partial charge in [0.05, 0.1) is 28.6 Å². The van der Waals surface area contributed by atoms with Crippen LogP contribution < -0.4 is 5.32 Å². The van der Waals surface area contributed by atoms with Crippen LogP contribution in [0.3, 0.4) is 0 Å². The highest BCUT2D eigenvalue weighted by Crippen LogP contribution is 2.32. The number of carbonyl (C=O) groups is 2. The molecule has 25 heavy (non-hydrogen) atoms. The largest absolute Gasteiger partial charge is 0.462 e. The summed E-state index contributed by atoms with van der Waals surface area (Å²) in [7, 11) is 0. The van der Waals surface area contributed by atoms with E-state index in [1.54, 1.807) is 42.5 Å². The molecule has 0 radical (unpaired) electrons. The van der Waals surface area contributed by atoms with Gasteiger partial charge in [0.25, 0.3) is 5.91 Å². The SMILES string of the molecule is CC(C)COC(=O)c1ccc(N=C2C(=O)Nc3c(Cl)cccc32)cc1. The number of benzene rings is 2. The molecule has 1 N–H and O–H groups in total. The highest BCUT2D eigenvalue weighted by atomic mass is 35.5. The van der Waals surface area contributed by atoms with Gasteiger partial charge in [-0.2, -0.15) is 0 Å². The molecule has 2 aromatic rings. The van der Waals surface area contributed by atoms with E-state index in [1.807, 2.05) is 13.8 Å². The summed E-state index contributed by atoms with van der Waals surface area (Å²) in [6.07, 6.45) is 0. The van der Waals surface area contributed by atoms with E-state index in [4.69, 9.17) is 16.3 Å². The lowest BCUT2D eigenvalue weighted by Crippen LogP contribution is -2.14. The fourth-order valence-corrected chi connectivity index (χ4v) is 2.60. The summed E-state index contributed by atoms with van der Waals surface area (Å²) in [5.74, 6) is -0.394. The second-order valence-electron chi connectivity index (χ2n) is 6.12. The Morgan fingerprint density at radius 3 is 2.60 bits per heavy atom. The summed E-state index contributed by atoms with van der Waals surface area (Å²) >= 11 is 6.09. The van der Waals surface area contributed by atoms with Gasteiger partial charge in [-0.25, -0.2) is 9.79 Å². The van der Waals surface area contributed by atoms with Crippen molar-refractivity contribution in [3.05, 3.63) is 58.6 Å². The van der Waals surface area contributed by atoms with Crippen LogP contribution in [0.15, 0.2) is 47.5 Å². The minimum absolute atomic E-state index is 0.280. The third kappa shape index (κ3) is 3.72. The number of amides is 1. The number of nitrogens with zero attached hydrogens (tertiary/aromatic N) is 1. The average Bonchev–Trinajstić information content (AvgIpc) is 2.91. The summed E-state index contributed by atoms with van der Waals surface area (Å²) in [5.41, 5.74) is 2.55. The third-order valence-electron chi connectivity index (χ3n) is 3.61. The Morgan fingerprint density at radius 2 is 1.92 bits per heavy atom. The number of carbonyl (C=O) groups excluding carboxylic acids is 2. The van der Waals surface area contributed by atoms with E-state index in [0.29, 0.717) is 39.8 Å². The molecule has 0 saturated heterocycles. The van der Waals surface area contributed by atoms with Crippen LogP contribution in [-0.2, 0) is 9.53 Å². The molecule has 0 fully saturated rings. The predicted octanol–water partition coefficient (Wildman–Crippen LogP) is 4.23. The van der Waals surface area contributed by atoms with Gasteiger partial charge >= 0.3 is 5.97 Å². The first kappa shape index (κ1) is 17.2. The first-order chi connectivity index (χ1) is 12.0. The third-order valence-corrected chi connectivity index (χ3v) is 3.93. The zero-order valence-corrected chi connectivity index (χ0v) is 14.6. The molecule has 6 heteroatoms. The van der Waals surface area contributed by atoms with Crippen LogP contribution in [0.25, 0.3) is 0 Å². The van der Waals surface area contributed by atoms with Crippen LogP contribution in [0.4, 0.5) is 11.4 Å². The molecule has 5 nitrogen and oxygen atoms in total. The monoisotopic (exact) mass is 356 g/mol. The molecule has 2 aromatic carbocycles. The van der Waals surface area contributed by atoms with E-state index in [9.17, 15) is 9.59 Å². The fraction of sp³-hybridized carbons (Fsp3) is 0.211. The second kappa shape index (κ2) is 7.07. The van der Waals surface area contributed by atoms with Gasteiger partial charge in [-0.3, -0.25) is 4.79 Å². The van der Waals surface area contributed by atoms with Crippen LogP contribution in [-0.4, -0.2) is 24.2 Å². The van der Waals surface area contributed by atoms with E-state index in [0.717, 1.165) is 0 Å². The summed E-state index contributed by atoms with van der Waals surface area (Å²) in [6.45, 7) is 4.33. The molecule has 3 rings (SSSR count). The van der Waals surface area contributed by atoms with E-state index in [-0.39, 0.29) is 17.8 Å². The minimum Gasteiger partial charge on any atom is -0.462 e. The Labute approximate surface area is 150 Å². The van der Waals surface area contributed by atoms with Crippen molar-refractivity contribution in [1.29, 1.82) is 0 Å². The number of rotatable bonds is 4. The van der Waals surface area contributed by atoms with Gasteiger partial charge in [-0.15, -0.1) is 0 Å². The Kier molecular flexibility index (Phi) is 4.86. The van der Waals surface area contributed by atoms with Gasteiger partial charge in [0.2, 0.25) is 0 Å². The molecular weight excluding hydrogens is 340 g/mol. The standard InChI is InChI=1S/C19H17ClN2O3/c1-11(2)10-25-19(24)12-6-8-13(9-7-12)21-17-14-4-3-5-15(20)16(14)22-18(17)23/h3-9,11H,10H2,1-2H3,(H,21,22,23). The number of hydrogen-bond acceptors (Lipinski definition) is 4. The molecule has 0 atom stereocenters. The molecule has 1 aliphatic heterocycles. The van der Waals surface area contributed by atoms with Gasteiger partial charge in [0.1, 0.15) is 5.71 Å². The van der Waals surface area contributed by atoms with Crippen molar-refractivity contribution >= 4 is 40.6 Å². The molecule has 0 unspecified atom stereocenters. The quantitative estimate of drug-likeness (QED) is 0.834. The van der Waals surface area contributed by atoms with Crippen LogP contribution in [0, 0.1) is 5.92 Å². The van der Waals surface area contributed by atoms with Crippen molar-refractivity contribution in [2.45, 2.75) is 13.8 Å². The van der Waals surface area contributed by atoms with Gasteiger partial charge in [-0.05, 0) is 36.2 Å². The number of aliphatic imine (C=N–C) groups is 1. The Balaban J connectivity index is 1.82. The Bertz CT molecular complexity index is 857. The lowest BCUT2D eigenvalue weighted by molar-refractivity contribution is -0.110. The number of anilines is 1. The Morgan fingerprint density at radius 1 is 1.20 bits per heavy atom. The first-order valence-electron chi connectivity index (χ1n) is 7.92. The zero-order valence-electron chi connectivity index (χ0n) is 13.9. The number of hydrogen-bond donors (Lipinski definition) is 1. The van der Waals surface area contributed by atoms with Gasteiger partial charge in [0, 0.05) is 5.56 Å². The first-order valence-corrected chi connectivity index (χ1v) is 8.29. The number of halogens is 1. The van der Waals surface area contributed by atoms with Crippen molar-refractivity contribution in [1.82, 2.24) is 0 Å². The summed E-state index contributed by atoms with van der Waals surface area (Å²) < 4.78 is 5.19. The lowest BCUT2D eigenvalue weighted by Gasteiger charge is -2.07. The van der Waals surface area contributed by atoms with Crippen molar-refractivity contribution in [2.24, 2.45) is 10.9 Å². The maximum absolute atomic E-state index is 12.1. The van der Waals surface area contributed by atoms with Crippen LogP contribution in [0.5, 0.6) is 0 Å². The molecule has 0 spiro atoms. The molecule has 1 amide bonds. The highest BCUT2D eigenvalue weighted by molar-refractivity contribution is 6.55. The van der Waals surface area contributed by atoms with Gasteiger partial charge in [0.15, 0.2) is 0 Å². The fourth-order valence-electron chi connectivity index (χ4n) is 2.38. The number of esters is 1. The summed E-state index contributed by atoms with van der Waals surface area (Å²) in [4.78, 5) is 28.4. The van der Waals surface area contributed by atoms with E-state index in [1.165, 1.54) is 0 Å². The van der Waals surface area contributed by atoms with Crippen molar-refractivity contribution in [3.8, 4) is 0 Å². The van der Waals surface area contributed by atoms with Gasteiger partial charge in [-0.1, -0.05) is 37.6 Å². The van der Waals surface area contributed by atoms with E-state index in [2.05, 4.69) is 10.3 Å². The number of ether oxygens (including phenoxy) is 1. The van der Waals surface area contributed by atoms with Crippen molar-refractivity contribution in [3.63, 3.8) is 0 Å². The zero-order chi connectivity index (χ0) is 18.0. The van der Waals surface area contributed by atoms with Gasteiger partial charge < -0.3 is 10.1 Å². The maximum atomic E-state index is 12.1. The normalized spacial score (nSPS) is 14.6. The molecule has 1 heterocycles. The lowest BCUT2D eigenvalue weighted by atomic mass is 10.1. The average molecular weight is 357 g/mol. The predicted molar refractivity (Wildman–Crippen MR) is 97.8 cm³/mol. The summed E-state index contributed by atoms with van der Waals surface area (Å²) in [6, 6.07) is 11.9. The van der Waals surface area contributed by atoms with Crippen LogP contribution >= 0.6 is 11.6 Å². The minimum atomic E-state index is -0.372. The molecule has 0 saturated carbocycles. The molecule has 0 bridgehead atoms. The topological polar surface area (TPSA) is 67.8 Å². The van der Waals surface area contributed by atoms with E-state index < -0.39 is 0 Å². The molecule has 0 aliphatic carbocycles. The Hall–Kier alpha value is -2.66. The summed E-state index contributed by atoms with van der Waals surface area (Å²) in [5, 5.41) is 3.19. The number of nitrogens with one attached hydrogen (secondary N) is 1. The smallest absolute Gasteiger partial charge is 0.338 e.